The number of hydrogen-bond acceptors (Lipinski definition) is 2. The standard InChI is InChI=1S/C9H2F7N3/c10-4-6(5(11)8(13)17-7(4)12)19-2-1-3(18-19)9(14,15)16/h1-2H. The Labute approximate surface area is 99.8 Å². The molecule has 2 aromatic heterocycles. The number of alkyl halides is 3. The Morgan fingerprint density at radius 3 is 1.89 bits per heavy atom. The van der Waals surface area contributed by atoms with E-state index in [4.69, 9.17) is 0 Å². The zero-order valence-electron chi connectivity index (χ0n) is 8.64. The Balaban J connectivity index is 2.63. The van der Waals surface area contributed by atoms with Crippen LogP contribution < -0.4 is 0 Å². The SMILES string of the molecule is Fc1nc(F)c(F)c(-n2ccc(C(F)(F)F)n2)c1F. The van der Waals surface area contributed by atoms with Crippen LogP contribution in [0.4, 0.5) is 30.7 Å². The maximum Gasteiger partial charge on any atom is 0.435 e. The van der Waals surface area contributed by atoms with Gasteiger partial charge >= 0.3 is 6.18 Å². The first-order valence-electron chi connectivity index (χ1n) is 4.55. The van der Waals surface area contributed by atoms with Crippen LogP contribution in [0.5, 0.6) is 0 Å². The predicted octanol–water partition coefficient (Wildman–Crippen LogP) is 2.84. The third-order valence-electron chi connectivity index (χ3n) is 2.08. The normalized spacial score (nSPS) is 11.9. The lowest BCUT2D eigenvalue weighted by Crippen LogP contribution is -2.12. The van der Waals surface area contributed by atoms with E-state index in [1.165, 1.54) is 0 Å². The molecule has 0 aliphatic carbocycles. The van der Waals surface area contributed by atoms with E-state index < -0.39 is 41.1 Å². The first-order valence-corrected chi connectivity index (χ1v) is 4.55. The Morgan fingerprint density at radius 2 is 1.47 bits per heavy atom. The Kier molecular flexibility index (Phi) is 2.95. The van der Waals surface area contributed by atoms with Crippen molar-refractivity contribution >= 4 is 0 Å². The summed E-state index contributed by atoms with van der Waals surface area (Å²) >= 11 is 0. The second-order valence-corrected chi connectivity index (χ2v) is 3.31. The monoisotopic (exact) mass is 285 g/mol. The molecule has 0 aliphatic heterocycles. The van der Waals surface area contributed by atoms with E-state index in [2.05, 4.69) is 10.1 Å². The fourth-order valence-corrected chi connectivity index (χ4v) is 1.28. The lowest BCUT2D eigenvalue weighted by molar-refractivity contribution is -0.141. The summed E-state index contributed by atoms with van der Waals surface area (Å²) in [5, 5.41) is 2.81. The summed E-state index contributed by atoms with van der Waals surface area (Å²) in [5.74, 6) is -7.87. The highest BCUT2D eigenvalue weighted by Crippen LogP contribution is 2.29. The molecule has 0 atom stereocenters. The molecule has 0 aromatic carbocycles. The number of nitrogens with zero attached hydrogens (tertiary/aromatic N) is 3. The minimum atomic E-state index is -4.86. The van der Waals surface area contributed by atoms with Crippen LogP contribution >= 0.6 is 0 Å². The Hall–Kier alpha value is -2.13. The molecule has 0 unspecified atom stereocenters. The zero-order valence-corrected chi connectivity index (χ0v) is 8.64. The second kappa shape index (κ2) is 4.21. The van der Waals surface area contributed by atoms with Gasteiger partial charge in [-0.2, -0.15) is 40.8 Å². The predicted molar refractivity (Wildman–Crippen MR) is 46.2 cm³/mol. The van der Waals surface area contributed by atoms with Crippen molar-refractivity contribution in [3.63, 3.8) is 0 Å². The molecule has 0 aliphatic rings. The van der Waals surface area contributed by atoms with Gasteiger partial charge in [0, 0.05) is 6.20 Å². The Bertz CT molecular complexity index is 605. The number of halogens is 7. The minimum Gasteiger partial charge on any atom is -0.234 e. The fourth-order valence-electron chi connectivity index (χ4n) is 1.28. The van der Waals surface area contributed by atoms with Crippen LogP contribution in [0.3, 0.4) is 0 Å². The number of hydrogen-bond donors (Lipinski definition) is 0. The summed E-state index contributed by atoms with van der Waals surface area (Å²) in [6, 6.07) is 0.398. The summed E-state index contributed by atoms with van der Waals surface area (Å²) in [4.78, 5) is 2.27. The van der Waals surface area contributed by atoms with Crippen molar-refractivity contribution in [1.82, 2.24) is 14.8 Å². The van der Waals surface area contributed by atoms with Crippen molar-refractivity contribution in [1.29, 1.82) is 0 Å². The first kappa shape index (κ1) is 13.3. The quantitative estimate of drug-likeness (QED) is 0.596. The van der Waals surface area contributed by atoms with Gasteiger partial charge in [0.15, 0.2) is 5.69 Å². The number of pyridine rings is 1. The third-order valence-corrected chi connectivity index (χ3v) is 2.08. The van der Waals surface area contributed by atoms with E-state index >= 15 is 0 Å². The molecule has 0 N–H and O–H groups in total. The van der Waals surface area contributed by atoms with Gasteiger partial charge in [-0.25, -0.2) is 4.68 Å². The summed E-state index contributed by atoms with van der Waals surface area (Å²) in [6.07, 6.45) is -4.34. The molecule has 0 fully saturated rings. The molecule has 2 rings (SSSR count). The molecule has 0 saturated heterocycles. The van der Waals surface area contributed by atoms with E-state index in [9.17, 15) is 30.7 Å². The van der Waals surface area contributed by atoms with Crippen molar-refractivity contribution in [2.75, 3.05) is 0 Å². The first-order chi connectivity index (χ1) is 8.71. The molecular formula is C9H2F7N3. The van der Waals surface area contributed by atoms with Crippen LogP contribution in [-0.2, 0) is 6.18 Å². The van der Waals surface area contributed by atoms with E-state index in [1.807, 2.05) is 0 Å². The van der Waals surface area contributed by atoms with E-state index in [0.29, 0.717) is 12.3 Å². The van der Waals surface area contributed by atoms with Crippen LogP contribution in [-0.4, -0.2) is 14.8 Å². The van der Waals surface area contributed by atoms with E-state index in [0.717, 1.165) is 0 Å². The van der Waals surface area contributed by atoms with Crippen molar-refractivity contribution in [3.8, 4) is 5.69 Å². The van der Waals surface area contributed by atoms with Crippen LogP contribution in [0.1, 0.15) is 5.69 Å². The smallest absolute Gasteiger partial charge is 0.234 e. The van der Waals surface area contributed by atoms with Gasteiger partial charge < -0.3 is 0 Å². The minimum absolute atomic E-state index is 0.0430. The van der Waals surface area contributed by atoms with Gasteiger partial charge in [0.05, 0.1) is 0 Å². The summed E-state index contributed by atoms with van der Waals surface area (Å²) in [6.45, 7) is 0. The average Bonchev–Trinajstić information content (AvgIpc) is 2.76. The molecule has 0 radical (unpaired) electrons. The van der Waals surface area contributed by atoms with Gasteiger partial charge in [-0.1, -0.05) is 0 Å². The summed E-state index contributed by atoms with van der Waals surface area (Å²) < 4.78 is 88.9. The topological polar surface area (TPSA) is 30.7 Å². The molecule has 2 heterocycles. The molecule has 3 nitrogen and oxygen atoms in total. The van der Waals surface area contributed by atoms with Crippen molar-refractivity contribution in [3.05, 3.63) is 41.5 Å². The van der Waals surface area contributed by atoms with Gasteiger partial charge in [-0.3, -0.25) is 0 Å². The maximum atomic E-state index is 13.2. The lowest BCUT2D eigenvalue weighted by atomic mass is 10.3. The van der Waals surface area contributed by atoms with Crippen molar-refractivity contribution in [2.24, 2.45) is 0 Å². The molecule has 0 spiro atoms. The molecule has 0 amide bonds. The molecule has 0 saturated carbocycles. The van der Waals surface area contributed by atoms with Gasteiger partial charge in [0.2, 0.25) is 11.6 Å². The molecule has 102 valence electrons. The second-order valence-electron chi connectivity index (χ2n) is 3.31. The maximum absolute atomic E-state index is 13.2. The van der Waals surface area contributed by atoms with Gasteiger partial charge in [-0.15, -0.1) is 0 Å². The van der Waals surface area contributed by atoms with Crippen LogP contribution in [0.15, 0.2) is 12.3 Å². The average molecular weight is 285 g/mol. The van der Waals surface area contributed by atoms with Gasteiger partial charge in [-0.05, 0) is 6.07 Å². The highest BCUT2D eigenvalue weighted by molar-refractivity contribution is 5.33. The zero-order chi connectivity index (χ0) is 14.4. The number of aromatic nitrogens is 3. The Morgan fingerprint density at radius 1 is 0.947 bits per heavy atom. The summed E-state index contributed by atoms with van der Waals surface area (Å²) in [7, 11) is 0. The van der Waals surface area contributed by atoms with Crippen LogP contribution in [0.2, 0.25) is 0 Å². The molecule has 0 bridgehead atoms. The van der Waals surface area contributed by atoms with Crippen molar-refractivity contribution in [2.45, 2.75) is 6.18 Å². The highest BCUT2D eigenvalue weighted by atomic mass is 19.4. The largest absolute Gasteiger partial charge is 0.435 e. The van der Waals surface area contributed by atoms with Crippen molar-refractivity contribution < 1.29 is 30.7 Å². The van der Waals surface area contributed by atoms with Crippen LogP contribution in [0, 0.1) is 23.5 Å². The molecule has 10 heteroatoms. The fraction of sp³-hybridized carbons (Fsp3) is 0.111. The van der Waals surface area contributed by atoms with E-state index in [-0.39, 0.29) is 4.68 Å². The van der Waals surface area contributed by atoms with Gasteiger partial charge in [0.1, 0.15) is 5.69 Å². The molecular weight excluding hydrogens is 283 g/mol. The third kappa shape index (κ3) is 2.25. The molecule has 19 heavy (non-hydrogen) atoms. The van der Waals surface area contributed by atoms with E-state index in [1.54, 1.807) is 0 Å². The van der Waals surface area contributed by atoms with Gasteiger partial charge in [0.25, 0.3) is 11.9 Å². The van der Waals surface area contributed by atoms with Crippen LogP contribution in [0.25, 0.3) is 5.69 Å². The lowest BCUT2D eigenvalue weighted by Gasteiger charge is -2.06. The summed E-state index contributed by atoms with van der Waals surface area (Å²) in [5.41, 5.74) is -2.88. The number of rotatable bonds is 1. The highest BCUT2D eigenvalue weighted by Gasteiger charge is 2.34. The molecule has 2 aromatic rings.